The Morgan fingerprint density at radius 3 is 2.27 bits per heavy atom. The van der Waals surface area contributed by atoms with Crippen molar-refractivity contribution < 1.29 is 9.53 Å². The number of amides is 1. The minimum Gasteiger partial charge on any atom is -0.380 e. The van der Waals surface area contributed by atoms with Crippen LogP contribution in [0, 0.1) is 0 Å². The maximum atomic E-state index is 12.7. The van der Waals surface area contributed by atoms with E-state index in [0.717, 1.165) is 29.7 Å². The molecule has 2 rings (SSSR count). The lowest BCUT2D eigenvalue weighted by Crippen LogP contribution is -2.31. The van der Waals surface area contributed by atoms with Gasteiger partial charge in [-0.25, -0.2) is 0 Å². The van der Waals surface area contributed by atoms with Crippen LogP contribution in [0.2, 0.25) is 0 Å². The molecule has 3 heteroatoms. The smallest absolute Gasteiger partial charge is 0.254 e. The first kappa shape index (κ1) is 16.2. The molecule has 0 unspecified atom stereocenters. The van der Waals surface area contributed by atoms with Crippen LogP contribution >= 0.6 is 0 Å². The molecule has 0 heterocycles. The molecule has 0 saturated heterocycles. The van der Waals surface area contributed by atoms with Crippen LogP contribution in [0.15, 0.2) is 54.6 Å². The third-order valence-corrected chi connectivity index (χ3v) is 3.51. The minimum absolute atomic E-state index is 0.0784. The Hall–Kier alpha value is -2.13. The van der Waals surface area contributed by atoms with Gasteiger partial charge in [0.15, 0.2) is 0 Å². The van der Waals surface area contributed by atoms with Crippen molar-refractivity contribution in [1.82, 2.24) is 4.90 Å². The number of carbonyl (C=O) groups is 1. The standard InChI is InChI=1S/C19H23NO2/c1-3-13-20(14-16-7-5-4-6-8-16)19(21)18-11-9-17(10-12-18)15-22-2/h4-12H,3,13-15H2,1-2H3. The van der Waals surface area contributed by atoms with Crippen LogP contribution in [0.3, 0.4) is 0 Å². The summed E-state index contributed by atoms with van der Waals surface area (Å²) in [5.41, 5.74) is 2.95. The van der Waals surface area contributed by atoms with Gasteiger partial charge < -0.3 is 9.64 Å². The lowest BCUT2D eigenvalue weighted by Gasteiger charge is -2.22. The quantitative estimate of drug-likeness (QED) is 0.776. The Balaban J connectivity index is 2.11. The van der Waals surface area contributed by atoms with Gasteiger partial charge in [-0.3, -0.25) is 4.79 Å². The second kappa shape index (κ2) is 8.35. The van der Waals surface area contributed by atoms with Crippen molar-refractivity contribution in [3.05, 3.63) is 71.3 Å². The molecule has 0 fully saturated rings. The lowest BCUT2D eigenvalue weighted by atomic mass is 10.1. The number of benzene rings is 2. The zero-order valence-electron chi connectivity index (χ0n) is 13.3. The molecule has 0 spiro atoms. The molecule has 116 valence electrons. The minimum atomic E-state index is 0.0784. The Morgan fingerprint density at radius 1 is 1.00 bits per heavy atom. The van der Waals surface area contributed by atoms with Crippen LogP contribution < -0.4 is 0 Å². The molecule has 0 bridgehead atoms. The molecular weight excluding hydrogens is 274 g/mol. The van der Waals surface area contributed by atoms with E-state index in [1.807, 2.05) is 47.4 Å². The molecule has 0 N–H and O–H groups in total. The number of methoxy groups -OCH3 is 1. The number of ether oxygens (including phenoxy) is 1. The molecule has 0 saturated carbocycles. The molecule has 3 nitrogen and oxygen atoms in total. The Kier molecular flexibility index (Phi) is 6.16. The highest BCUT2D eigenvalue weighted by Crippen LogP contribution is 2.12. The van der Waals surface area contributed by atoms with Crippen LogP contribution in [0.25, 0.3) is 0 Å². The average molecular weight is 297 g/mol. The maximum Gasteiger partial charge on any atom is 0.254 e. The van der Waals surface area contributed by atoms with Crippen LogP contribution in [0.4, 0.5) is 0 Å². The molecule has 1 amide bonds. The summed E-state index contributed by atoms with van der Waals surface area (Å²) >= 11 is 0. The van der Waals surface area contributed by atoms with Crippen LogP contribution in [-0.4, -0.2) is 24.5 Å². The monoisotopic (exact) mass is 297 g/mol. The molecule has 0 aliphatic carbocycles. The van der Waals surface area contributed by atoms with Gasteiger partial charge in [0.2, 0.25) is 0 Å². The fourth-order valence-corrected chi connectivity index (χ4v) is 2.42. The first-order chi connectivity index (χ1) is 10.7. The van der Waals surface area contributed by atoms with Crippen molar-refractivity contribution in [2.45, 2.75) is 26.5 Å². The van der Waals surface area contributed by atoms with Crippen molar-refractivity contribution >= 4 is 5.91 Å². The van der Waals surface area contributed by atoms with Gasteiger partial charge in [0, 0.05) is 25.8 Å². The third kappa shape index (κ3) is 4.43. The van der Waals surface area contributed by atoms with E-state index in [0.29, 0.717) is 13.2 Å². The first-order valence-electron chi connectivity index (χ1n) is 7.65. The molecule has 2 aromatic rings. The van der Waals surface area contributed by atoms with Crippen molar-refractivity contribution in [2.75, 3.05) is 13.7 Å². The van der Waals surface area contributed by atoms with Crippen LogP contribution in [-0.2, 0) is 17.9 Å². The van der Waals surface area contributed by atoms with Gasteiger partial charge in [-0.15, -0.1) is 0 Å². The molecule has 0 aromatic heterocycles. The predicted octanol–water partition coefficient (Wildman–Crippen LogP) is 3.89. The zero-order chi connectivity index (χ0) is 15.8. The zero-order valence-corrected chi connectivity index (χ0v) is 13.3. The van der Waals surface area contributed by atoms with E-state index in [4.69, 9.17) is 4.74 Å². The Labute approximate surface area is 132 Å². The fraction of sp³-hybridized carbons (Fsp3) is 0.316. The van der Waals surface area contributed by atoms with E-state index in [9.17, 15) is 4.79 Å². The summed E-state index contributed by atoms with van der Waals surface area (Å²) in [5, 5.41) is 0. The number of rotatable bonds is 7. The third-order valence-electron chi connectivity index (χ3n) is 3.51. The van der Waals surface area contributed by atoms with E-state index in [-0.39, 0.29) is 5.91 Å². The fourth-order valence-electron chi connectivity index (χ4n) is 2.42. The van der Waals surface area contributed by atoms with Crippen molar-refractivity contribution in [3.63, 3.8) is 0 Å². The summed E-state index contributed by atoms with van der Waals surface area (Å²) in [6.07, 6.45) is 0.945. The normalized spacial score (nSPS) is 10.5. The summed E-state index contributed by atoms with van der Waals surface area (Å²) < 4.78 is 5.10. The first-order valence-corrected chi connectivity index (χ1v) is 7.65. The second-order valence-corrected chi connectivity index (χ2v) is 5.34. The summed E-state index contributed by atoms with van der Waals surface area (Å²) in [7, 11) is 1.67. The second-order valence-electron chi connectivity index (χ2n) is 5.34. The SMILES string of the molecule is CCCN(Cc1ccccc1)C(=O)c1ccc(COC)cc1. The maximum absolute atomic E-state index is 12.7. The number of carbonyl (C=O) groups excluding carboxylic acids is 1. The summed E-state index contributed by atoms with van der Waals surface area (Å²) in [5.74, 6) is 0.0784. The highest BCUT2D eigenvalue weighted by atomic mass is 16.5. The molecule has 0 radical (unpaired) electrons. The van der Waals surface area contributed by atoms with E-state index in [1.165, 1.54) is 0 Å². The van der Waals surface area contributed by atoms with Gasteiger partial charge in [-0.05, 0) is 29.7 Å². The van der Waals surface area contributed by atoms with Crippen LogP contribution in [0.5, 0.6) is 0 Å². The highest BCUT2D eigenvalue weighted by molar-refractivity contribution is 5.94. The lowest BCUT2D eigenvalue weighted by molar-refractivity contribution is 0.0743. The van der Waals surface area contributed by atoms with E-state index < -0.39 is 0 Å². The topological polar surface area (TPSA) is 29.5 Å². The average Bonchev–Trinajstić information content (AvgIpc) is 2.56. The summed E-state index contributed by atoms with van der Waals surface area (Å²) in [4.78, 5) is 14.6. The molecule has 0 atom stereocenters. The van der Waals surface area contributed by atoms with E-state index >= 15 is 0 Å². The number of hydrogen-bond acceptors (Lipinski definition) is 2. The molecular formula is C19H23NO2. The van der Waals surface area contributed by atoms with Crippen molar-refractivity contribution in [3.8, 4) is 0 Å². The van der Waals surface area contributed by atoms with E-state index in [2.05, 4.69) is 19.1 Å². The molecule has 0 aliphatic heterocycles. The largest absolute Gasteiger partial charge is 0.380 e. The van der Waals surface area contributed by atoms with Crippen molar-refractivity contribution in [2.24, 2.45) is 0 Å². The Bertz CT molecular complexity index is 578. The van der Waals surface area contributed by atoms with Gasteiger partial charge in [-0.1, -0.05) is 49.4 Å². The molecule has 0 aliphatic rings. The van der Waals surface area contributed by atoms with Crippen molar-refractivity contribution in [1.29, 1.82) is 0 Å². The van der Waals surface area contributed by atoms with Gasteiger partial charge in [0.05, 0.1) is 6.61 Å². The summed E-state index contributed by atoms with van der Waals surface area (Å²) in [6, 6.07) is 17.8. The van der Waals surface area contributed by atoms with Gasteiger partial charge in [0.1, 0.15) is 0 Å². The Morgan fingerprint density at radius 2 is 1.68 bits per heavy atom. The number of hydrogen-bond donors (Lipinski definition) is 0. The van der Waals surface area contributed by atoms with Gasteiger partial charge in [0.25, 0.3) is 5.91 Å². The summed E-state index contributed by atoms with van der Waals surface area (Å²) in [6.45, 7) is 4.06. The van der Waals surface area contributed by atoms with Gasteiger partial charge in [-0.2, -0.15) is 0 Å². The van der Waals surface area contributed by atoms with Crippen LogP contribution in [0.1, 0.15) is 34.8 Å². The molecule has 2 aromatic carbocycles. The highest BCUT2D eigenvalue weighted by Gasteiger charge is 2.15. The molecule has 22 heavy (non-hydrogen) atoms. The predicted molar refractivity (Wildman–Crippen MR) is 88.6 cm³/mol. The number of nitrogens with zero attached hydrogens (tertiary/aromatic N) is 1. The van der Waals surface area contributed by atoms with E-state index in [1.54, 1.807) is 7.11 Å². The van der Waals surface area contributed by atoms with Gasteiger partial charge >= 0.3 is 0 Å².